The molecule has 0 aromatic carbocycles. The van der Waals surface area contributed by atoms with Gasteiger partial charge in [-0.25, -0.2) is 4.79 Å². The minimum Gasteiger partial charge on any atom is -0.479 e. The van der Waals surface area contributed by atoms with Crippen LogP contribution >= 0.6 is 0 Å². The molecule has 15 heteroatoms. The summed E-state index contributed by atoms with van der Waals surface area (Å²) < 4.78 is 51.0. The van der Waals surface area contributed by atoms with E-state index in [-0.39, 0.29) is 42.8 Å². The molecular weight excluding hydrogens is 792 g/mol. The predicted molar refractivity (Wildman–Crippen MR) is 219 cm³/mol. The minimum atomic E-state index is -2.01. The number of aliphatic carboxylic acids is 1. The summed E-state index contributed by atoms with van der Waals surface area (Å²) in [4.78, 5) is 23.9. The van der Waals surface area contributed by atoms with E-state index in [1.807, 2.05) is 32.1 Å². The van der Waals surface area contributed by atoms with E-state index in [9.17, 15) is 35.1 Å². The molecule has 0 saturated carbocycles. The molecule has 7 heterocycles. The summed E-state index contributed by atoms with van der Waals surface area (Å²) in [6, 6.07) is 0. The Morgan fingerprint density at radius 2 is 1.77 bits per heavy atom. The molecule has 6 fully saturated rings. The molecule has 0 bridgehead atoms. The second-order valence-corrected chi connectivity index (χ2v) is 19.5. The lowest BCUT2D eigenvalue weighted by atomic mass is 9.80. The molecule has 344 valence electrons. The van der Waals surface area contributed by atoms with Crippen molar-refractivity contribution in [2.75, 3.05) is 6.61 Å². The first kappa shape index (κ1) is 46.7. The standard InChI is InChI=1S/C46H70O15/c1-25-21-36(59-46(23-25)37(55-30(6)47)13-12-32(58-46)24-43(7,53)42(51)52)26(2)10-11-31-15-17-44(57-31)18-16-35-41(60-44)38(50)29(5)40(56-35)34(49)22-33(48)39-27(3)14-19-45(61-39)28(4)9-8-20-54-45/h10-11,23,26-28,31-41,48-50,53H,5,8-9,12-22,24H2,1-4,6-7H3,(H,51,52). The smallest absolute Gasteiger partial charge is 0.335 e. The van der Waals surface area contributed by atoms with E-state index >= 15 is 0 Å². The third-order valence-corrected chi connectivity index (χ3v) is 14.5. The number of hydrogen-bond acceptors (Lipinski definition) is 14. The maximum absolute atomic E-state index is 12.2. The summed E-state index contributed by atoms with van der Waals surface area (Å²) in [5, 5.41) is 54.5. The first-order valence-electron chi connectivity index (χ1n) is 22.7. The molecule has 7 rings (SSSR count). The highest BCUT2D eigenvalue weighted by molar-refractivity contribution is 5.76. The minimum absolute atomic E-state index is 0.00729. The van der Waals surface area contributed by atoms with E-state index in [2.05, 4.69) is 20.4 Å². The zero-order chi connectivity index (χ0) is 44.1. The summed E-state index contributed by atoms with van der Waals surface area (Å²) in [5.41, 5.74) is -0.745. The summed E-state index contributed by atoms with van der Waals surface area (Å²) in [6.07, 6.45) is 5.02. The van der Waals surface area contributed by atoms with Crippen molar-refractivity contribution in [2.45, 2.75) is 215 Å². The summed E-state index contributed by atoms with van der Waals surface area (Å²) in [6.45, 7) is 15.5. The van der Waals surface area contributed by atoms with Crippen LogP contribution in [0.25, 0.3) is 0 Å². The maximum atomic E-state index is 12.2. The Hall–Kier alpha value is -2.28. The molecule has 5 N–H and O–H groups in total. The first-order chi connectivity index (χ1) is 28.7. The molecule has 0 radical (unpaired) electrons. The Morgan fingerprint density at radius 1 is 1.02 bits per heavy atom. The maximum Gasteiger partial charge on any atom is 0.335 e. The zero-order valence-corrected chi connectivity index (χ0v) is 36.7. The van der Waals surface area contributed by atoms with Crippen molar-refractivity contribution in [3.63, 3.8) is 0 Å². The van der Waals surface area contributed by atoms with Crippen molar-refractivity contribution < 1.29 is 73.0 Å². The number of aliphatic hydroxyl groups is 4. The fraction of sp³-hybridized carbons (Fsp3) is 0.826. The molecule has 61 heavy (non-hydrogen) atoms. The normalized spacial score (nSPS) is 44.3. The second-order valence-electron chi connectivity index (χ2n) is 19.5. The average Bonchev–Trinajstić information content (AvgIpc) is 3.59. The third-order valence-electron chi connectivity index (χ3n) is 14.5. The molecule has 0 aliphatic carbocycles. The van der Waals surface area contributed by atoms with Gasteiger partial charge in [-0.2, -0.15) is 0 Å². The zero-order valence-electron chi connectivity index (χ0n) is 36.7. The van der Waals surface area contributed by atoms with E-state index in [0.29, 0.717) is 57.1 Å². The van der Waals surface area contributed by atoms with Crippen molar-refractivity contribution in [1.29, 1.82) is 0 Å². The molecule has 7 aliphatic rings. The quantitative estimate of drug-likeness (QED) is 0.140. The molecule has 18 unspecified atom stereocenters. The molecular formula is C46H70O15. The Kier molecular flexibility index (Phi) is 14.0. The first-order valence-corrected chi connectivity index (χ1v) is 22.7. The second kappa shape index (κ2) is 18.3. The highest BCUT2D eigenvalue weighted by atomic mass is 16.7. The lowest BCUT2D eigenvalue weighted by Gasteiger charge is -2.51. The van der Waals surface area contributed by atoms with Gasteiger partial charge in [0, 0.05) is 50.9 Å². The fourth-order valence-electron chi connectivity index (χ4n) is 10.8. The Labute approximate surface area is 359 Å². The predicted octanol–water partition coefficient (Wildman–Crippen LogP) is 4.76. The van der Waals surface area contributed by atoms with Gasteiger partial charge in [0.05, 0.1) is 49.3 Å². The molecule has 18 atom stereocenters. The number of ether oxygens (including phenoxy) is 8. The lowest BCUT2D eigenvalue weighted by Crippen LogP contribution is -2.60. The number of carboxylic acids is 1. The van der Waals surface area contributed by atoms with Crippen LogP contribution in [0.1, 0.15) is 125 Å². The fourth-order valence-corrected chi connectivity index (χ4v) is 10.8. The molecule has 0 amide bonds. The van der Waals surface area contributed by atoms with Crippen LogP contribution in [0.2, 0.25) is 0 Å². The van der Waals surface area contributed by atoms with Crippen LogP contribution in [0.4, 0.5) is 0 Å². The topological polar surface area (TPSA) is 209 Å². The van der Waals surface area contributed by atoms with E-state index in [1.165, 1.54) is 13.8 Å². The van der Waals surface area contributed by atoms with E-state index < -0.39 is 89.8 Å². The van der Waals surface area contributed by atoms with Crippen LogP contribution in [0.15, 0.2) is 36.0 Å². The van der Waals surface area contributed by atoms with Crippen LogP contribution in [0, 0.1) is 17.8 Å². The lowest BCUT2D eigenvalue weighted by molar-refractivity contribution is -0.338. The van der Waals surface area contributed by atoms with Crippen molar-refractivity contribution in [3.05, 3.63) is 36.0 Å². The number of hydrogen-bond donors (Lipinski definition) is 5. The number of carbonyl (C=O) groups is 2. The van der Waals surface area contributed by atoms with Crippen LogP contribution in [-0.2, 0) is 47.5 Å². The molecule has 15 nitrogen and oxygen atoms in total. The van der Waals surface area contributed by atoms with E-state index in [4.69, 9.17) is 37.9 Å². The van der Waals surface area contributed by atoms with Crippen LogP contribution in [0.5, 0.6) is 0 Å². The molecule has 7 aliphatic heterocycles. The van der Waals surface area contributed by atoms with Gasteiger partial charge in [0.2, 0.25) is 5.79 Å². The molecule has 0 aromatic rings. The number of esters is 1. The summed E-state index contributed by atoms with van der Waals surface area (Å²) >= 11 is 0. The Balaban J connectivity index is 0.941. The van der Waals surface area contributed by atoms with Crippen LogP contribution in [-0.4, -0.2) is 134 Å². The average molecular weight is 863 g/mol. The van der Waals surface area contributed by atoms with Gasteiger partial charge in [-0.3, -0.25) is 4.79 Å². The number of fused-ring (bicyclic) bond motifs is 1. The molecule has 3 spiro atoms. The van der Waals surface area contributed by atoms with Gasteiger partial charge < -0.3 is 63.4 Å². The van der Waals surface area contributed by atoms with Gasteiger partial charge in [-0.1, -0.05) is 45.1 Å². The molecule has 6 saturated heterocycles. The van der Waals surface area contributed by atoms with Gasteiger partial charge in [-0.05, 0) is 82.8 Å². The largest absolute Gasteiger partial charge is 0.479 e. The van der Waals surface area contributed by atoms with Gasteiger partial charge in [0.25, 0.3) is 0 Å². The number of rotatable bonds is 11. The number of carboxylic acid groups (broad SMARTS) is 1. The Bertz CT molecular complexity index is 1660. The van der Waals surface area contributed by atoms with Crippen molar-refractivity contribution in [3.8, 4) is 0 Å². The van der Waals surface area contributed by atoms with E-state index in [1.54, 1.807) is 0 Å². The number of carbonyl (C=O) groups excluding carboxylic acids is 1. The van der Waals surface area contributed by atoms with Gasteiger partial charge in [0.15, 0.2) is 23.3 Å². The monoisotopic (exact) mass is 862 g/mol. The SMILES string of the molecule is C=C1C(O)C2OC3(CCC(C=CC(C)C4CC(C)=CC5(OC(CC(C)(O)C(=O)O)CCC5OC(C)=O)O4)O3)CCC2OC1C(O)CC(O)C1OC2(CCC1C)OCCCC2C. The third kappa shape index (κ3) is 9.87. The van der Waals surface area contributed by atoms with Gasteiger partial charge in [-0.15, -0.1) is 0 Å². The molecule has 0 aromatic heterocycles. The van der Waals surface area contributed by atoms with Gasteiger partial charge >= 0.3 is 11.9 Å². The summed E-state index contributed by atoms with van der Waals surface area (Å²) in [5.74, 6) is -4.79. The van der Waals surface area contributed by atoms with Crippen molar-refractivity contribution in [2.24, 2.45) is 17.8 Å². The van der Waals surface area contributed by atoms with Crippen LogP contribution in [0.3, 0.4) is 0 Å². The number of aliphatic hydroxyl groups excluding tert-OH is 3. The van der Waals surface area contributed by atoms with Crippen molar-refractivity contribution >= 4 is 11.9 Å². The highest BCUT2D eigenvalue weighted by Gasteiger charge is 2.56. The Morgan fingerprint density at radius 3 is 2.49 bits per heavy atom. The van der Waals surface area contributed by atoms with Crippen molar-refractivity contribution in [1.82, 2.24) is 0 Å². The van der Waals surface area contributed by atoms with E-state index in [0.717, 1.165) is 31.3 Å². The summed E-state index contributed by atoms with van der Waals surface area (Å²) in [7, 11) is 0. The van der Waals surface area contributed by atoms with Gasteiger partial charge in [0.1, 0.15) is 18.3 Å². The van der Waals surface area contributed by atoms with Crippen LogP contribution < -0.4 is 0 Å². The highest BCUT2D eigenvalue weighted by Crippen LogP contribution is 2.48.